The van der Waals surface area contributed by atoms with Gasteiger partial charge in [-0.2, -0.15) is 0 Å². The van der Waals surface area contributed by atoms with Gasteiger partial charge in [0.2, 0.25) is 0 Å². The Labute approximate surface area is 156 Å². The number of benzene rings is 2. The van der Waals surface area contributed by atoms with E-state index in [1.54, 1.807) is 37.4 Å². The number of carbonyl (C=O) groups excluding carboxylic acids is 1. The van der Waals surface area contributed by atoms with E-state index in [1.807, 2.05) is 6.92 Å². The zero-order chi connectivity index (χ0) is 18.5. The molecule has 0 unspecified atom stereocenters. The van der Waals surface area contributed by atoms with E-state index >= 15 is 0 Å². The minimum atomic E-state index is -0.473. The fourth-order valence-corrected chi connectivity index (χ4v) is 2.84. The van der Waals surface area contributed by atoms with Crippen LogP contribution in [0.25, 0.3) is 0 Å². The van der Waals surface area contributed by atoms with Crippen molar-refractivity contribution in [3.8, 4) is 23.0 Å². The number of hydrogen-bond acceptors (Lipinski definition) is 6. The molecule has 0 N–H and O–H groups in total. The van der Waals surface area contributed by atoms with E-state index in [1.165, 1.54) is 0 Å². The summed E-state index contributed by atoms with van der Waals surface area (Å²) in [6.07, 6.45) is 0. The predicted molar refractivity (Wildman–Crippen MR) is 95.7 cm³/mol. The number of esters is 1. The second-order valence-corrected chi connectivity index (χ2v) is 5.88. The van der Waals surface area contributed by atoms with Gasteiger partial charge in [0.25, 0.3) is 0 Å². The number of ether oxygens (including phenoxy) is 5. The van der Waals surface area contributed by atoms with Crippen LogP contribution < -0.4 is 18.9 Å². The molecular formula is C19H19ClO6. The Bertz CT molecular complexity index is 805. The highest BCUT2D eigenvalue weighted by atomic mass is 35.5. The van der Waals surface area contributed by atoms with E-state index in [9.17, 15) is 4.79 Å². The molecule has 7 heteroatoms. The lowest BCUT2D eigenvalue weighted by atomic mass is 10.2. The number of fused-ring (bicyclic) bond motifs is 1. The van der Waals surface area contributed by atoms with Crippen LogP contribution >= 0.6 is 11.6 Å². The van der Waals surface area contributed by atoms with Crippen molar-refractivity contribution in [1.29, 1.82) is 0 Å². The third kappa shape index (κ3) is 3.96. The van der Waals surface area contributed by atoms with Gasteiger partial charge in [-0.25, -0.2) is 4.79 Å². The molecule has 2 aromatic carbocycles. The van der Waals surface area contributed by atoms with Crippen molar-refractivity contribution in [1.82, 2.24) is 0 Å². The maximum Gasteiger partial charge on any atom is 0.338 e. The van der Waals surface area contributed by atoms with Gasteiger partial charge in [0, 0.05) is 0 Å². The maximum atomic E-state index is 12.3. The van der Waals surface area contributed by atoms with Gasteiger partial charge in [-0.15, -0.1) is 0 Å². The van der Waals surface area contributed by atoms with Crippen LogP contribution in [0.1, 0.15) is 22.8 Å². The second kappa shape index (κ2) is 8.19. The SMILES string of the molecule is CCOc1cc(C(=O)OCc2cc(Cl)c3c(c2)OCCO3)ccc1OC. The first-order valence-electron chi connectivity index (χ1n) is 8.18. The van der Waals surface area contributed by atoms with Crippen LogP contribution in [-0.2, 0) is 11.3 Å². The Hall–Kier alpha value is -2.60. The van der Waals surface area contributed by atoms with Crippen molar-refractivity contribution in [3.63, 3.8) is 0 Å². The minimum absolute atomic E-state index is 0.0607. The smallest absolute Gasteiger partial charge is 0.338 e. The molecule has 0 aromatic heterocycles. The lowest BCUT2D eigenvalue weighted by molar-refractivity contribution is 0.0471. The van der Waals surface area contributed by atoms with Crippen LogP contribution in [0.3, 0.4) is 0 Å². The van der Waals surface area contributed by atoms with Crippen LogP contribution in [0, 0.1) is 0 Å². The first-order valence-corrected chi connectivity index (χ1v) is 8.56. The molecule has 0 amide bonds. The molecule has 138 valence electrons. The molecule has 26 heavy (non-hydrogen) atoms. The molecule has 0 spiro atoms. The molecule has 3 rings (SSSR count). The molecule has 1 heterocycles. The Morgan fingerprint density at radius 3 is 2.73 bits per heavy atom. The molecule has 0 saturated heterocycles. The fraction of sp³-hybridized carbons (Fsp3) is 0.316. The molecule has 0 radical (unpaired) electrons. The van der Waals surface area contributed by atoms with Gasteiger partial charge in [-0.3, -0.25) is 0 Å². The molecule has 1 aliphatic heterocycles. The zero-order valence-electron chi connectivity index (χ0n) is 14.5. The summed E-state index contributed by atoms with van der Waals surface area (Å²) in [7, 11) is 1.54. The Morgan fingerprint density at radius 2 is 1.96 bits per heavy atom. The van der Waals surface area contributed by atoms with E-state index in [4.69, 9.17) is 35.3 Å². The van der Waals surface area contributed by atoms with Gasteiger partial charge in [-0.1, -0.05) is 11.6 Å². The summed E-state index contributed by atoms with van der Waals surface area (Å²) in [4.78, 5) is 12.3. The molecule has 0 aliphatic carbocycles. The molecule has 6 nitrogen and oxygen atoms in total. The summed E-state index contributed by atoms with van der Waals surface area (Å²) in [5, 5.41) is 0.427. The summed E-state index contributed by atoms with van der Waals surface area (Å²) >= 11 is 6.19. The lowest BCUT2D eigenvalue weighted by Crippen LogP contribution is -2.16. The lowest BCUT2D eigenvalue weighted by Gasteiger charge is -2.20. The largest absolute Gasteiger partial charge is 0.493 e. The third-order valence-corrected chi connectivity index (χ3v) is 4.01. The van der Waals surface area contributed by atoms with Crippen LogP contribution in [0.15, 0.2) is 30.3 Å². The fourth-order valence-electron chi connectivity index (χ4n) is 2.55. The average molecular weight is 379 g/mol. The second-order valence-electron chi connectivity index (χ2n) is 5.48. The normalized spacial score (nSPS) is 12.4. The highest BCUT2D eigenvalue weighted by molar-refractivity contribution is 6.32. The van der Waals surface area contributed by atoms with Crippen LogP contribution in [0.5, 0.6) is 23.0 Å². The Kier molecular flexibility index (Phi) is 5.73. The van der Waals surface area contributed by atoms with Gasteiger partial charge in [0.05, 0.1) is 24.3 Å². The van der Waals surface area contributed by atoms with Crippen LogP contribution in [0.2, 0.25) is 5.02 Å². The summed E-state index contributed by atoms with van der Waals surface area (Å²) in [5.74, 6) is 1.65. The van der Waals surface area contributed by atoms with E-state index in [2.05, 4.69) is 0 Å². The molecule has 1 aliphatic rings. The topological polar surface area (TPSA) is 63.2 Å². The van der Waals surface area contributed by atoms with E-state index in [0.29, 0.717) is 59.0 Å². The summed E-state index contributed by atoms with van der Waals surface area (Å²) in [6, 6.07) is 8.35. The number of hydrogen-bond donors (Lipinski definition) is 0. The van der Waals surface area contributed by atoms with E-state index in [0.717, 1.165) is 0 Å². The highest BCUT2D eigenvalue weighted by Gasteiger charge is 2.18. The summed E-state index contributed by atoms with van der Waals surface area (Å²) in [5.41, 5.74) is 1.09. The number of methoxy groups -OCH3 is 1. The first-order chi connectivity index (χ1) is 12.6. The highest BCUT2D eigenvalue weighted by Crippen LogP contribution is 2.38. The maximum absolute atomic E-state index is 12.3. The number of halogens is 1. The quantitative estimate of drug-likeness (QED) is 0.711. The predicted octanol–water partition coefficient (Wildman–Crippen LogP) is 3.88. The van der Waals surface area contributed by atoms with Gasteiger partial charge in [0.1, 0.15) is 19.8 Å². The summed E-state index contributed by atoms with van der Waals surface area (Å²) < 4.78 is 27.1. The van der Waals surface area contributed by atoms with Gasteiger partial charge >= 0.3 is 5.97 Å². The van der Waals surface area contributed by atoms with Gasteiger partial charge in [0.15, 0.2) is 23.0 Å². The van der Waals surface area contributed by atoms with Gasteiger partial charge < -0.3 is 23.7 Å². The van der Waals surface area contributed by atoms with Crippen molar-refractivity contribution in [2.24, 2.45) is 0 Å². The van der Waals surface area contributed by atoms with Crippen LogP contribution in [-0.4, -0.2) is 32.9 Å². The van der Waals surface area contributed by atoms with Crippen molar-refractivity contribution >= 4 is 17.6 Å². The van der Waals surface area contributed by atoms with E-state index in [-0.39, 0.29) is 6.61 Å². The van der Waals surface area contributed by atoms with Crippen molar-refractivity contribution < 1.29 is 28.5 Å². The van der Waals surface area contributed by atoms with Crippen molar-refractivity contribution in [3.05, 3.63) is 46.5 Å². The zero-order valence-corrected chi connectivity index (χ0v) is 15.3. The molecule has 0 fully saturated rings. The third-order valence-electron chi connectivity index (χ3n) is 3.73. The number of rotatable bonds is 6. The molecule has 0 atom stereocenters. The Balaban J connectivity index is 1.71. The Morgan fingerprint density at radius 1 is 1.15 bits per heavy atom. The average Bonchev–Trinajstić information content (AvgIpc) is 2.66. The molecule has 2 aromatic rings. The van der Waals surface area contributed by atoms with E-state index < -0.39 is 5.97 Å². The molecular weight excluding hydrogens is 360 g/mol. The standard InChI is InChI=1S/C19H19ClO6/c1-3-23-16-10-13(4-5-15(16)22-2)19(21)26-11-12-8-14(20)18-17(9-12)24-6-7-25-18/h4-5,8-10H,3,6-7,11H2,1-2H3. The van der Waals surface area contributed by atoms with Crippen molar-refractivity contribution in [2.45, 2.75) is 13.5 Å². The molecule has 0 bridgehead atoms. The first kappa shape index (κ1) is 18.2. The number of carbonyl (C=O) groups is 1. The monoisotopic (exact) mass is 378 g/mol. The van der Waals surface area contributed by atoms with Crippen LogP contribution in [0.4, 0.5) is 0 Å². The summed E-state index contributed by atoms with van der Waals surface area (Å²) in [6.45, 7) is 3.30. The van der Waals surface area contributed by atoms with Crippen molar-refractivity contribution in [2.75, 3.05) is 26.9 Å². The van der Waals surface area contributed by atoms with Gasteiger partial charge in [-0.05, 0) is 42.8 Å². The molecule has 0 saturated carbocycles. The minimum Gasteiger partial charge on any atom is -0.493 e.